The molecule has 0 aliphatic carbocycles. The molecule has 1 nitrogen and oxygen atoms in total. The van der Waals surface area contributed by atoms with E-state index >= 15 is 0 Å². The first-order valence-electron chi connectivity index (χ1n) is 7.47. The Balaban J connectivity index is 2.10. The third-order valence-corrected chi connectivity index (χ3v) is 3.48. The molecule has 1 atom stereocenters. The van der Waals surface area contributed by atoms with Gasteiger partial charge in [-0.05, 0) is 58.1 Å². The molecule has 106 valence electrons. The van der Waals surface area contributed by atoms with Crippen molar-refractivity contribution in [1.82, 2.24) is 5.32 Å². The molecule has 1 unspecified atom stereocenters. The Kier molecular flexibility index (Phi) is 7.50. The first-order chi connectivity index (χ1) is 9.08. The van der Waals surface area contributed by atoms with Crippen molar-refractivity contribution >= 4 is 0 Å². The van der Waals surface area contributed by atoms with Gasteiger partial charge in [0.15, 0.2) is 0 Å². The Morgan fingerprint density at radius 1 is 1.16 bits per heavy atom. The summed E-state index contributed by atoms with van der Waals surface area (Å²) in [6.45, 7) is 10.9. The highest BCUT2D eigenvalue weighted by atomic mass is 14.8. The molecule has 1 aromatic carbocycles. The van der Waals surface area contributed by atoms with Crippen molar-refractivity contribution in [2.75, 3.05) is 6.54 Å². The Bertz CT molecular complexity index is 371. The summed E-state index contributed by atoms with van der Waals surface area (Å²) in [5.74, 6) is 0.807. The van der Waals surface area contributed by atoms with E-state index in [1.165, 1.54) is 36.0 Å². The van der Waals surface area contributed by atoms with Crippen LogP contribution in [-0.2, 0) is 6.54 Å². The molecule has 0 amide bonds. The summed E-state index contributed by atoms with van der Waals surface area (Å²) < 4.78 is 0. The summed E-state index contributed by atoms with van der Waals surface area (Å²) >= 11 is 0. The van der Waals surface area contributed by atoms with Gasteiger partial charge in [0.2, 0.25) is 0 Å². The fraction of sp³-hybridized carbons (Fsp3) is 0.556. The molecule has 0 fully saturated rings. The number of hydrogen-bond donors (Lipinski definition) is 1. The Morgan fingerprint density at radius 2 is 1.84 bits per heavy atom. The third-order valence-electron chi connectivity index (χ3n) is 3.48. The SMILES string of the molecule is CC(C)=CCCC(C)CCNCc1ccc(C)cc1. The minimum absolute atomic E-state index is 0.807. The maximum absolute atomic E-state index is 3.54. The van der Waals surface area contributed by atoms with Crippen LogP contribution in [-0.4, -0.2) is 6.54 Å². The number of aryl methyl sites for hydroxylation is 1. The predicted octanol–water partition coefficient (Wildman–Crippen LogP) is 4.86. The largest absolute Gasteiger partial charge is 0.313 e. The summed E-state index contributed by atoms with van der Waals surface area (Å²) in [4.78, 5) is 0. The first kappa shape index (κ1) is 16.0. The average molecular weight is 259 g/mol. The molecule has 0 heterocycles. The van der Waals surface area contributed by atoms with Crippen molar-refractivity contribution in [3.05, 3.63) is 47.0 Å². The van der Waals surface area contributed by atoms with Crippen molar-refractivity contribution in [2.24, 2.45) is 5.92 Å². The van der Waals surface area contributed by atoms with E-state index in [1.807, 2.05) is 0 Å². The van der Waals surface area contributed by atoms with Crippen LogP contribution >= 0.6 is 0 Å². The smallest absolute Gasteiger partial charge is 0.0205 e. The van der Waals surface area contributed by atoms with E-state index in [0.717, 1.165) is 19.0 Å². The number of rotatable bonds is 8. The zero-order chi connectivity index (χ0) is 14.1. The lowest BCUT2D eigenvalue weighted by Crippen LogP contribution is -2.16. The fourth-order valence-corrected chi connectivity index (χ4v) is 2.09. The van der Waals surface area contributed by atoms with Crippen LogP contribution in [0.3, 0.4) is 0 Å². The average Bonchev–Trinajstić information content (AvgIpc) is 2.36. The molecule has 0 saturated carbocycles. The second-order valence-corrected chi connectivity index (χ2v) is 5.92. The number of hydrogen-bond acceptors (Lipinski definition) is 1. The van der Waals surface area contributed by atoms with Gasteiger partial charge >= 0.3 is 0 Å². The lowest BCUT2D eigenvalue weighted by Gasteiger charge is -2.11. The van der Waals surface area contributed by atoms with Gasteiger partial charge in [-0.3, -0.25) is 0 Å². The van der Waals surface area contributed by atoms with Gasteiger partial charge in [0.1, 0.15) is 0 Å². The second-order valence-electron chi connectivity index (χ2n) is 5.92. The monoisotopic (exact) mass is 259 g/mol. The topological polar surface area (TPSA) is 12.0 Å². The van der Waals surface area contributed by atoms with E-state index in [2.05, 4.69) is 63.4 Å². The summed E-state index contributed by atoms with van der Waals surface area (Å²) in [5, 5.41) is 3.54. The van der Waals surface area contributed by atoms with Gasteiger partial charge in [0.25, 0.3) is 0 Å². The van der Waals surface area contributed by atoms with Crippen LogP contribution in [0.5, 0.6) is 0 Å². The Morgan fingerprint density at radius 3 is 2.47 bits per heavy atom. The van der Waals surface area contributed by atoms with E-state index < -0.39 is 0 Å². The lowest BCUT2D eigenvalue weighted by atomic mass is 10.0. The van der Waals surface area contributed by atoms with Gasteiger partial charge in [0, 0.05) is 6.54 Å². The standard InChI is InChI=1S/C18H29N/c1-15(2)6-5-7-16(3)12-13-19-14-18-10-8-17(4)9-11-18/h6,8-11,16,19H,5,7,12-14H2,1-4H3. The van der Waals surface area contributed by atoms with Gasteiger partial charge < -0.3 is 5.32 Å². The maximum atomic E-state index is 3.54. The van der Waals surface area contributed by atoms with Crippen molar-refractivity contribution in [3.63, 3.8) is 0 Å². The van der Waals surface area contributed by atoms with Gasteiger partial charge in [-0.15, -0.1) is 0 Å². The lowest BCUT2D eigenvalue weighted by molar-refractivity contribution is 0.473. The van der Waals surface area contributed by atoms with Crippen molar-refractivity contribution < 1.29 is 0 Å². The highest BCUT2D eigenvalue weighted by Gasteiger charge is 2.00. The minimum atomic E-state index is 0.807. The van der Waals surface area contributed by atoms with Crippen LogP contribution in [0.15, 0.2) is 35.9 Å². The van der Waals surface area contributed by atoms with E-state index in [4.69, 9.17) is 0 Å². The molecule has 1 N–H and O–H groups in total. The van der Waals surface area contributed by atoms with E-state index in [0.29, 0.717) is 0 Å². The minimum Gasteiger partial charge on any atom is -0.313 e. The van der Waals surface area contributed by atoms with Crippen LogP contribution in [0.1, 0.15) is 51.2 Å². The second kappa shape index (κ2) is 8.92. The molecule has 0 saturated heterocycles. The molecule has 0 aliphatic heterocycles. The molecule has 0 bridgehead atoms. The molecule has 1 aromatic rings. The predicted molar refractivity (Wildman–Crippen MR) is 85.3 cm³/mol. The van der Waals surface area contributed by atoms with E-state index in [1.54, 1.807) is 0 Å². The van der Waals surface area contributed by atoms with Crippen molar-refractivity contribution in [3.8, 4) is 0 Å². The molecule has 0 aromatic heterocycles. The van der Waals surface area contributed by atoms with Crippen LogP contribution in [0, 0.1) is 12.8 Å². The third kappa shape index (κ3) is 7.84. The summed E-state index contributed by atoms with van der Waals surface area (Å²) in [7, 11) is 0. The van der Waals surface area contributed by atoms with Crippen LogP contribution < -0.4 is 5.32 Å². The van der Waals surface area contributed by atoms with Gasteiger partial charge in [-0.25, -0.2) is 0 Å². The Hall–Kier alpha value is -1.08. The number of nitrogens with one attached hydrogen (secondary N) is 1. The van der Waals surface area contributed by atoms with Crippen LogP contribution in [0.2, 0.25) is 0 Å². The molecule has 1 heteroatoms. The zero-order valence-electron chi connectivity index (χ0n) is 13.0. The summed E-state index contributed by atoms with van der Waals surface area (Å²) in [6, 6.07) is 8.78. The van der Waals surface area contributed by atoms with Gasteiger partial charge in [-0.2, -0.15) is 0 Å². The Labute approximate surface area is 119 Å². The highest BCUT2D eigenvalue weighted by Crippen LogP contribution is 2.11. The summed E-state index contributed by atoms with van der Waals surface area (Å²) in [5.41, 5.74) is 4.14. The van der Waals surface area contributed by atoms with Crippen molar-refractivity contribution in [1.29, 1.82) is 0 Å². The fourth-order valence-electron chi connectivity index (χ4n) is 2.09. The van der Waals surface area contributed by atoms with Crippen molar-refractivity contribution in [2.45, 2.75) is 53.5 Å². The normalized spacial score (nSPS) is 12.2. The molecule has 0 aliphatic rings. The van der Waals surface area contributed by atoms with Gasteiger partial charge in [0.05, 0.1) is 0 Å². The highest BCUT2D eigenvalue weighted by molar-refractivity contribution is 5.20. The molecule has 0 radical (unpaired) electrons. The number of benzene rings is 1. The zero-order valence-corrected chi connectivity index (χ0v) is 13.0. The molecule has 19 heavy (non-hydrogen) atoms. The quantitative estimate of drug-likeness (QED) is 0.519. The molecular formula is C18H29N. The molecular weight excluding hydrogens is 230 g/mol. The first-order valence-corrected chi connectivity index (χ1v) is 7.47. The molecule has 1 rings (SSSR count). The summed E-state index contributed by atoms with van der Waals surface area (Å²) in [6.07, 6.45) is 6.14. The van der Waals surface area contributed by atoms with Crippen LogP contribution in [0.4, 0.5) is 0 Å². The van der Waals surface area contributed by atoms with E-state index in [9.17, 15) is 0 Å². The maximum Gasteiger partial charge on any atom is 0.0205 e. The number of allylic oxidation sites excluding steroid dienone is 2. The van der Waals surface area contributed by atoms with Gasteiger partial charge in [-0.1, -0.05) is 48.4 Å². The molecule has 0 spiro atoms. The van der Waals surface area contributed by atoms with E-state index in [-0.39, 0.29) is 0 Å². The van der Waals surface area contributed by atoms with Crippen LogP contribution in [0.25, 0.3) is 0 Å².